The maximum absolute atomic E-state index is 11.8. The van der Waals surface area contributed by atoms with Gasteiger partial charge in [-0.3, -0.25) is 4.79 Å². The van der Waals surface area contributed by atoms with Crippen LogP contribution in [0.2, 0.25) is 0 Å². The van der Waals surface area contributed by atoms with Crippen molar-refractivity contribution in [2.75, 3.05) is 11.9 Å². The van der Waals surface area contributed by atoms with Crippen LogP contribution in [-0.2, 0) is 4.79 Å². The normalized spacial score (nSPS) is 16.1. The molecule has 0 radical (unpaired) electrons. The summed E-state index contributed by atoms with van der Waals surface area (Å²) in [5.41, 5.74) is 0. The van der Waals surface area contributed by atoms with E-state index in [4.69, 9.17) is 0 Å². The summed E-state index contributed by atoms with van der Waals surface area (Å²) in [4.78, 5) is 11.8. The minimum absolute atomic E-state index is 0.0818. The van der Waals surface area contributed by atoms with Crippen molar-refractivity contribution in [3.05, 3.63) is 12.7 Å². The van der Waals surface area contributed by atoms with Gasteiger partial charge in [0, 0.05) is 12.6 Å². The highest BCUT2D eigenvalue weighted by Gasteiger charge is 2.26. The van der Waals surface area contributed by atoms with Gasteiger partial charge in [-0.1, -0.05) is 29.2 Å². The van der Waals surface area contributed by atoms with Crippen LogP contribution in [0, 0.1) is 0 Å². The van der Waals surface area contributed by atoms with E-state index in [0.29, 0.717) is 12.6 Å². The fourth-order valence-electron chi connectivity index (χ4n) is 1.24. The summed E-state index contributed by atoms with van der Waals surface area (Å²) in [6, 6.07) is 0.403. The topological polar surface area (TPSA) is 66.9 Å². The molecule has 2 N–H and O–H groups in total. The molecule has 1 heterocycles. The smallest absolute Gasteiger partial charge is 0.233 e. The highest BCUT2D eigenvalue weighted by molar-refractivity contribution is 8.02. The Bertz CT molecular complexity index is 430. The standard InChI is InChI=1S/C11H16N4OS2/c1-3-6-12-10-14-15-11(18-10)17-7(2)9(16)13-8-4-5-8/h3,7-8H,1,4-6H2,2H3,(H,12,14)(H,13,16)/t7-/m1/s1. The molecule has 0 saturated heterocycles. The monoisotopic (exact) mass is 284 g/mol. The number of nitrogens with one attached hydrogen (secondary N) is 2. The number of thioether (sulfide) groups is 1. The fraction of sp³-hybridized carbons (Fsp3) is 0.545. The number of amides is 1. The van der Waals surface area contributed by atoms with Gasteiger partial charge in [0.2, 0.25) is 11.0 Å². The summed E-state index contributed by atoms with van der Waals surface area (Å²) in [6.07, 6.45) is 3.98. The summed E-state index contributed by atoms with van der Waals surface area (Å²) in [5.74, 6) is 0.0818. The molecule has 5 nitrogen and oxygen atoms in total. The number of rotatable bonds is 7. The first-order valence-corrected chi connectivity index (χ1v) is 7.54. The van der Waals surface area contributed by atoms with Crippen molar-refractivity contribution in [3.63, 3.8) is 0 Å². The van der Waals surface area contributed by atoms with Gasteiger partial charge in [0.15, 0.2) is 4.34 Å². The Morgan fingerprint density at radius 1 is 1.67 bits per heavy atom. The van der Waals surface area contributed by atoms with Crippen LogP contribution in [0.4, 0.5) is 5.13 Å². The second kappa shape index (κ2) is 6.19. The Hall–Kier alpha value is -1.08. The molecule has 0 aromatic carbocycles. The minimum Gasteiger partial charge on any atom is -0.357 e. The zero-order chi connectivity index (χ0) is 13.0. The summed E-state index contributed by atoms with van der Waals surface area (Å²) in [6.45, 7) is 6.18. The fourth-order valence-corrected chi connectivity index (χ4v) is 3.15. The van der Waals surface area contributed by atoms with Crippen molar-refractivity contribution in [3.8, 4) is 0 Å². The van der Waals surface area contributed by atoms with Crippen molar-refractivity contribution >= 4 is 34.1 Å². The number of carbonyl (C=O) groups excluding carboxylic acids is 1. The maximum Gasteiger partial charge on any atom is 0.233 e. The Morgan fingerprint density at radius 3 is 3.11 bits per heavy atom. The predicted molar refractivity (Wildman–Crippen MR) is 75.1 cm³/mol. The summed E-state index contributed by atoms with van der Waals surface area (Å²) in [7, 11) is 0. The highest BCUT2D eigenvalue weighted by atomic mass is 32.2. The number of aromatic nitrogens is 2. The van der Waals surface area contributed by atoms with Crippen molar-refractivity contribution in [1.29, 1.82) is 0 Å². The van der Waals surface area contributed by atoms with Crippen LogP contribution in [-0.4, -0.2) is 33.9 Å². The molecule has 1 saturated carbocycles. The van der Waals surface area contributed by atoms with Crippen LogP contribution in [0.3, 0.4) is 0 Å². The van der Waals surface area contributed by atoms with Crippen molar-refractivity contribution < 1.29 is 4.79 Å². The molecule has 1 aromatic heterocycles. The minimum atomic E-state index is -0.134. The van der Waals surface area contributed by atoms with Crippen molar-refractivity contribution in [2.24, 2.45) is 0 Å². The Kier molecular flexibility index (Phi) is 4.60. The van der Waals surface area contributed by atoms with Crippen LogP contribution in [0.15, 0.2) is 17.0 Å². The van der Waals surface area contributed by atoms with Gasteiger partial charge in [0.1, 0.15) is 0 Å². The molecule has 18 heavy (non-hydrogen) atoms. The Morgan fingerprint density at radius 2 is 2.44 bits per heavy atom. The largest absolute Gasteiger partial charge is 0.357 e. The zero-order valence-corrected chi connectivity index (χ0v) is 11.8. The highest BCUT2D eigenvalue weighted by Crippen LogP contribution is 2.29. The molecule has 98 valence electrons. The third-order valence-electron chi connectivity index (χ3n) is 2.37. The lowest BCUT2D eigenvalue weighted by Crippen LogP contribution is -2.32. The van der Waals surface area contributed by atoms with Gasteiger partial charge in [-0.2, -0.15) is 0 Å². The van der Waals surface area contributed by atoms with E-state index in [-0.39, 0.29) is 11.2 Å². The Labute approximate surface area is 114 Å². The lowest BCUT2D eigenvalue weighted by atomic mass is 10.4. The first-order chi connectivity index (χ1) is 8.69. The molecule has 7 heteroatoms. The van der Waals surface area contributed by atoms with Crippen molar-refractivity contribution in [2.45, 2.75) is 35.4 Å². The van der Waals surface area contributed by atoms with E-state index in [1.54, 1.807) is 6.08 Å². The lowest BCUT2D eigenvalue weighted by molar-refractivity contribution is -0.120. The van der Waals surface area contributed by atoms with Crippen molar-refractivity contribution in [1.82, 2.24) is 15.5 Å². The van der Waals surface area contributed by atoms with Gasteiger partial charge >= 0.3 is 0 Å². The van der Waals surface area contributed by atoms with Crippen LogP contribution in [0.25, 0.3) is 0 Å². The van der Waals surface area contributed by atoms with Gasteiger partial charge in [-0.05, 0) is 19.8 Å². The summed E-state index contributed by atoms with van der Waals surface area (Å²) < 4.78 is 0.806. The molecule has 0 spiro atoms. The second-order valence-electron chi connectivity index (χ2n) is 4.09. The van der Waals surface area contributed by atoms with E-state index in [9.17, 15) is 4.79 Å². The molecular weight excluding hydrogens is 268 g/mol. The molecule has 1 aliphatic carbocycles. The van der Waals surface area contributed by atoms with Gasteiger partial charge in [0.25, 0.3) is 0 Å². The van der Waals surface area contributed by atoms with E-state index in [1.165, 1.54) is 23.1 Å². The molecule has 1 fully saturated rings. The van der Waals surface area contributed by atoms with Crippen LogP contribution in [0.1, 0.15) is 19.8 Å². The molecule has 1 aromatic rings. The third kappa shape index (κ3) is 3.99. The van der Waals surface area contributed by atoms with Crippen LogP contribution < -0.4 is 10.6 Å². The predicted octanol–water partition coefficient (Wildman–Crippen LogP) is 1.90. The second-order valence-corrected chi connectivity index (χ2v) is 6.65. The molecular formula is C11H16N4OS2. The number of anilines is 1. The molecule has 2 rings (SSSR count). The summed E-state index contributed by atoms with van der Waals surface area (Å²) >= 11 is 2.90. The van der Waals surface area contributed by atoms with E-state index < -0.39 is 0 Å². The molecule has 1 amide bonds. The van der Waals surface area contributed by atoms with Crippen LogP contribution >= 0.6 is 23.1 Å². The molecule has 0 unspecified atom stereocenters. The Balaban J connectivity index is 1.81. The number of nitrogens with zero attached hydrogens (tertiary/aromatic N) is 2. The first-order valence-electron chi connectivity index (χ1n) is 5.84. The SMILES string of the molecule is C=CCNc1nnc(S[C@H](C)C(=O)NC2CC2)s1. The first kappa shape index (κ1) is 13.4. The maximum atomic E-state index is 11.8. The van der Waals surface area contributed by atoms with E-state index in [2.05, 4.69) is 27.4 Å². The van der Waals surface area contributed by atoms with Gasteiger partial charge in [-0.15, -0.1) is 16.8 Å². The number of hydrogen-bond donors (Lipinski definition) is 2. The quantitative estimate of drug-likeness (QED) is 0.591. The van der Waals surface area contributed by atoms with E-state index >= 15 is 0 Å². The number of hydrogen-bond acceptors (Lipinski definition) is 6. The molecule has 0 bridgehead atoms. The summed E-state index contributed by atoms with van der Waals surface area (Å²) in [5, 5.41) is 14.7. The van der Waals surface area contributed by atoms with Gasteiger partial charge in [-0.25, -0.2) is 0 Å². The number of carbonyl (C=O) groups is 1. The average molecular weight is 284 g/mol. The van der Waals surface area contributed by atoms with Gasteiger partial charge < -0.3 is 10.6 Å². The van der Waals surface area contributed by atoms with E-state index in [1.807, 2.05) is 6.92 Å². The average Bonchev–Trinajstić information content (AvgIpc) is 3.05. The molecule has 1 atom stereocenters. The van der Waals surface area contributed by atoms with Gasteiger partial charge in [0.05, 0.1) is 5.25 Å². The third-order valence-corrected chi connectivity index (χ3v) is 4.44. The molecule has 1 aliphatic rings. The van der Waals surface area contributed by atoms with E-state index in [0.717, 1.165) is 22.3 Å². The van der Waals surface area contributed by atoms with Crippen LogP contribution in [0.5, 0.6) is 0 Å². The lowest BCUT2D eigenvalue weighted by Gasteiger charge is -2.08. The molecule has 0 aliphatic heterocycles. The zero-order valence-electron chi connectivity index (χ0n) is 10.2.